The van der Waals surface area contributed by atoms with Crippen molar-refractivity contribution < 1.29 is 4.74 Å². The van der Waals surface area contributed by atoms with Gasteiger partial charge in [-0.3, -0.25) is 4.79 Å². The van der Waals surface area contributed by atoms with Crippen LogP contribution in [0.25, 0.3) is 28.5 Å². The highest BCUT2D eigenvalue weighted by Crippen LogP contribution is 2.24. The first kappa shape index (κ1) is 14.8. The molecule has 2 aromatic carbocycles. The van der Waals surface area contributed by atoms with Crippen LogP contribution >= 0.6 is 0 Å². The van der Waals surface area contributed by atoms with Gasteiger partial charge in [-0.25, -0.2) is 5.10 Å². The molecule has 0 spiro atoms. The normalized spacial score (nSPS) is 10.3. The Balaban J connectivity index is 2.07. The summed E-state index contributed by atoms with van der Waals surface area (Å²) >= 11 is 0. The predicted octanol–water partition coefficient (Wildman–Crippen LogP) is 3.76. The van der Waals surface area contributed by atoms with Gasteiger partial charge in [0.1, 0.15) is 5.75 Å². The van der Waals surface area contributed by atoms with E-state index in [2.05, 4.69) is 16.8 Å². The lowest BCUT2D eigenvalue weighted by Crippen LogP contribution is -2.11. The van der Waals surface area contributed by atoms with E-state index in [1.165, 1.54) is 0 Å². The fraction of sp³-hybridized carbons (Fsp3) is 0.0526. The first-order valence-electron chi connectivity index (χ1n) is 7.18. The predicted molar refractivity (Wildman–Crippen MR) is 92.4 cm³/mol. The van der Waals surface area contributed by atoms with E-state index in [0.717, 1.165) is 22.4 Å². The highest BCUT2D eigenvalue weighted by molar-refractivity contribution is 5.70. The zero-order valence-electron chi connectivity index (χ0n) is 12.7. The van der Waals surface area contributed by atoms with Crippen LogP contribution in [0.2, 0.25) is 0 Å². The average Bonchev–Trinajstić information content (AvgIpc) is 2.62. The maximum absolute atomic E-state index is 12.1. The summed E-state index contributed by atoms with van der Waals surface area (Å²) < 4.78 is 5.23. The fourth-order valence-corrected chi connectivity index (χ4v) is 2.35. The number of ether oxygens (including phenoxy) is 1. The summed E-state index contributed by atoms with van der Waals surface area (Å²) in [4.78, 5) is 12.1. The van der Waals surface area contributed by atoms with Crippen LogP contribution in [0, 0.1) is 0 Å². The van der Waals surface area contributed by atoms with Crippen molar-refractivity contribution in [1.82, 2.24) is 10.2 Å². The molecule has 0 aliphatic carbocycles. The highest BCUT2D eigenvalue weighted by Gasteiger charge is 2.08. The highest BCUT2D eigenvalue weighted by atomic mass is 16.5. The van der Waals surface area contributed by atoms with E-state index >= 15 is 0 Å². The number of hydrogen-bond acceptors (Lipinski definition) is 3. The molecule has 0 unspecified atom stereocenters. The lowest BCUT2D eigenvalue weighted by atomic mass is 10.0. The van der Waals surface area contributed by atoms with E-state index in [1.807, 2.05) is 48.5 Å². The molecule has 0 aliphatic heterocycles. The molecule has 4 nitrogen and oxygen atoms in total. The van der Waals surface area contributed by atoms with Gasteiger partial charge in [-0.15, -0.1) is 0 Å². The molecular formula is C19H16N2O2. The van der Waals surface area contributed by atoms with Crippen molar-refractivity contribution in [2.24, 2.45) is 0 Å². The van der Waals surface area contributed by atoms with E-state index in [-0.39, 0.29) is 5.56 Å². The van der Waals surface area contributed by atoms with Gasteiger partial charge < -0.3 is 4.74 Å². The summed E-state index contributed by atoms with van der Waals surface area (Å²) in [6, 6.07) is 17.0. The van der Waals surface area contributed by atoms with Crippen LogP contribution < -0.4 is 10.3 Å². The van der Waals surface area contributed by atoms with Crippen molar-refractivity contribution in [3.8, 4) is 28.1 Å². The maximum atomic E-state index is 12.1. The number of nitrogens with one attached hydrogen (secondary N) is 1. The van der Waals surface area contributed by atoms with Gasteiger partial charge in [0.05, 0.1) is 18.4 Å². The van der Waals surface area contributed by atoms with Crippen molar-refractivity contribution in [1.29, 1.82) is 0 Å². The van der Waals surface area contributed by atoms with Crippen molar-refractivity contribution >= 4 is 6.08 Å². The van der Waals surface area contributed by atoms with Crippen LogP contribution in [0.15, 0.2) is 66.0 Å². The Morgan fingerprint density at radius 3 is 2.57 bits per heavy atom. The van der Waals surface area contributed by atoms with Crippen LogP contribution in [-0.2, 0) is 0 Å². The molecule has 114 valence electrons. The second-order valence-corrected chi connectivity index (χ2v) is 5.05. The molecule has 1 aromatic heterocycles. The minimum atomic E-state index is -0.219. The molecule has 0 amide bonds. The molecule has 1 heterocycles. The maximum Gasteiger partial charge on any atom is 0.272 e. The summed E-state index contributed by atoms with van der Waals surface area (Å²) in [6.45, 7) is 3.73. The Hall–Kier alpha value is -3.14. The number of aromatic nitrogens is 2. The molecule has 0 aliphatic rings. The molecule has 0 bridgehead atoms. The Kier molecular flexibility index (Phi) is 4.06. The summed E-state index contributed by atoms with van der Waals surface area (Å²) in [7, 11) is 1.62. The number of aromatic amines is 1. The van der Waals surface area contributed by atoms with Gasteiger partial charge in [-0.2, -0.15) is 5.10 Å². The number of hydrogen-bond donors (Lipinski definition) is 1. The third-order valence-electron chi connectivity index (χ3n) is 3.63. The second-order valence-electron chi connectivity index (χ2n) is 5.05. The van der Waals surface area contributed by atoms with Crippen molar-refractivity contribution in [2.75, 3.05) is 7.11 Å². The number of H-pyrrole nitrogens is 1. The van der Waals surface area contributed by atoms with Crippen molar-refractivity contribution in [3.05, 3.63) is 77.1 Å². The van der Waals surface area contributed by atoms with E-state index in [9.17, 15) is 4.79 Å². The van der Waals surface area contributed by atoms with Gasteiger partial charge in [-0.1, -0.05) is 49.1 Å². The van der Waals surface area contributed by atoms with Crippen LogP contribution in [0.1, 0.15) is 5.56 Å². The molecule has 0 atom stereocenters. The number of rotatable bonds is 4. The van der Waals surface area contributed by atoms with Crippen LogP contribution in [0.3, 0.4) is 0 Å². The Morgan fingerprint density at radius 2 is 1.87 bits per heavy atom. The Labute approximate surface area is 134 Å². The molecule has 3 rings (SSSR count). The fourth-order valence-electron chi connectivity index (χ4n) is 2.35. The van der Waals surface area contributed by atoms with Crippen LogP contribution in [0.5, 0.6) is 5.75 Å². The van der Waals surface area contributed by atoms with Gasteiger partial charge in [0, 0.05) is 5.56 Å². The van der Waals surface area contributed by atoms with Crippen LogP contribution in [0.4, 0.5) is 0 Å². The monoisotopic (exact) mass is 304 g/mol. The van der Waals surface area contributed by atoms with Gasteiger partial charge in [0.15, 0.2) is 0 Å². The molecule has 0 saturated heterocycles. The summed E-state index contributed by atoms with van der Waals surface area (Å²) in [5.74, 6) is 0.743. The SMILES string of the molecule is C=Cc1ccc(-c2cc(-c3cccc(OC)c3)n[nH]c2=O)cc1. The molecule has 0 saturated carbocycles. The second kappa shape index (κ2) is 6.32. The van der Waals surface area contributed by atoms with E-state index in [1.54, 1.807) is 19.3 Å². The third kappa shape index (κ3) is 3.06. The number of benzene rings is 2. The lowest BCUT2D eigenvalue weighted by Gasteiger charge is -2.06. The summed E-state index contributed by atoms with van der Waals surface area (Å²) in [5, 5.41) is 6.70. The van der Waals surface area contributed by atoms with Crippen molar-refractivity contribution in [3.63, 3.8) is 0 Å². The Bertz CT molecular complexity index is 896. The number of methoxy groups -OCH3 is 1. The zero-order chi connectivity index (χ0) is 16.2. The minimum absolute atomic E-state index is 0.219. The molecule has 1 N–H and O–H groups in total. The molecule has 0 fully saturated rings. The van der Waals surface area contributed by atoms with E-state index in [4.69, 9.17) is 4.74 Å². The molecule has 3 aromatic rings. The molecule has 4 heteroatoms. The van der Waals surface area contributed by atoms with E-state index in [0.29, 0.717) is 11.3 Å². The van der Waals surface area contributed by atoms with Gasteiger partial charge in [0.25, 0.3) is 5.56 Å². The smallest absolute Gasteiger partial charge is 0.272 e. The summed E-state index contributed by atoms with van der Waals surface area (Å²) in [6.07, 6.45) is 1.77. The number of nitrogens with zero attached hydrogens (tertiary/aromatic N) is 1. The zero-order valence-corrected chi connectivity index (χ0v) is 12.7. The lowest BCUT2D eigenvalue weighted by molar-refractivity contribution is 0.415. The van der Waals surface area contributed by atoms with Crippen molar-refractivity contribution in [2.45, 2.75) is 0 Å². The summed E-state index contributed by atoms with van der Waals surface area (Å²) in [5.41, 5.74) is 3.77. The molecular weight excluding hydrogens is 288 g/mol. The standard InChI is InChI=1S/C19H16N2O2/c1-3-13-7-9-14(10-8-13)17-12-18(20-21-19(17)22)15-5-4-6-16(11-15)23-2/h3-12H,1H2,2H3,(H,21,22). The topological polar surface area (TPSA) is 55.0 Å². The van der Waals surface area contributed by atoms with E-state index < -0.39 is 0 Å². The molecule has 0 radical (unpaired) electrons. The van der Waals surface area contributed by atoms with Crippen LogP contribution in [-0.4, -0.2) is 17.3 Å². The minimum Gasteiger partial charge on any atom is -0.497 e. The van der Waals surface area contributed by atoms with Gasteiger partial charge in [0.2, 0.25) is 0 Å². The Morgan fingerprint density at radius 1 is 1.09 bits per heavy atom. The first-order chi connectivity index (χ1) is 11.2. The first-order valence-corrected chi connectivity index (χ1v) is 7.18. The van der Waals surface area contributed by atoms with Gasteiger partial charge >= 0.3 is 0 Å². The average molecular weight is 304 g/mol. The largest absolute Gasteiger partial charge is 0.497 e. The van der Waals surface area contributed by atoms with Gasteiger partial charge in [-0.05, 0) is 29.3 Å². The third-order valence-corrected chi connectivity index (χ3v) is 3.63. The quantitative estimate of drug-likeness (QED) is 0.798. The molecule has 23 heavy (non-hydrogen) atoms.